The molecule has 120 valence electrons. The molecule has 6 nitrogen and oxygen atoms in total. The summed E-state index contributed by atoms with van der Waals surface area (Å²) < 4.78 is 0. The van der Waals surface area contributed by atoms with E-state index in [2.05, 4.69) is 17.0 Å². The summed E-state index contributed by atoms with van der Waals surface area (Å²) in [5, 5.41) is 12.0. The smallest absolute Gasteiger partial charge is 0.233 e. The van der Waals surface area contributed by atoms with Crippen molar-refractivity contribution in [3.05, 3.63) is 0 Å². The molecule has 2 fully saturated rings. The zero-order valence-corrected chi connectivity index (χ0v) is 13.2. The topological polar surface area (TPSA) is 82.2 Å². The highest BCUT2D eigenvalue weighted by Crippen LogP contribution is 2.25. The van der Waals surface area contributed by atoms with Crippen LogP contribution in [0.15, 0.2) is 5.16 Å². The number of oxime groups is 1. The van der Waals surface area contributed by atoms with Crippen molar-refractivity contribution in [2.75, 3.05) is 19.6 Å². The summed E-state index contributed by atoms with van der Waals surface area (Å²) >= 11 is 0. The fourth-order valence-electron chi connectivity index (χ4n) is 3.62. The maximum absolute atomic E-state index is 12.8. The molecule has 0 spiro atoms. The average molecular weight is 296 g/mol. The number of hydrogen-bond acceptors (Lipinski definition) is 4. The molecule has 2 saturated heterocycles. The third-order valence-corrected chi connectivity index (χ3v) is 4.82. The molecular formula is C15H28N4O2. The van der Waals surface area contributed by atoms with Crippen LogP contribution in [0.25, 0.3) is 0 Å². The SMILES string of the molecule is CCCC(C(=O)N1CC2CCCCN2CC1C)C(N)=NO. The molecule has 3 N–H and O–H groups in total. The predicted octanol–water partition coefficient (Wildman–Crippen LogP) is 1.23. The molecule has 0 aliphatic carbocycles. The van der Waals surface area contributed by atoms with Crippen LogP contribution in [-0.4, -0.2) is 58.5 Å². The van der Waals surface area contributed by atoms with Gasteiger partial charge in [-0.1, -0.05) is 24.9 Å². The van der Waals surface area contributed by atoms with Gasteiger partial charge in [0.2, 0.25) is 5.91 Å². The maximum Gasteiger partial charge on any atom is 0.233 e. The Hall–Kier alpha value is -1.30. The minimum atomic E-state index is -0.488. The van der Waals surface area contributed by atoms with Gasteiger partial charge in [0.25, 0.3) is 0 Å². The van der Waals surface area contributed by atoms with Crippen LogP contribution in [0.4, 0.5) is 0 Å². The Kier molecular flexibility index (Phi) is 5.45. The molecule has 3 atom stereocenters. The van der Waals surface area contributed by atoms with Crippen LogP contribution >= 0.6 is 0 Å². The number of carbonyl (C=O) groups is 1. The Morgan fingerprint density at radius 1 is 1.43 bits per heavy atom. The van der Waals surface area contributed by atoms with Crippen LogP contribution < -0.4 is 5.73 Å². The Balaban J connectivity index is 2.09. The van der Waals surface area contributed by atoms with Gasteiger partial charge in [0, 0.05) is 25.2 Å². The highest BCUT2D eigenvalue weighted by atomic mass is 16.4. The molecule has 2 aliphatic rings. The normalized spacial score (nSPS) is 29.0. The first-order chi connectivity index (χ1) is 10.1. The van der Waals surface area contributed by atoms with Gasteiger partial charge in [-0.05, 0) is 32.7 Å². The van der Waals surface area contributed by atoms with Crippen molar-refractivity contribution >= 4 is 11.7 Å². The quantitative estimate of drug-likeness (QED) is 0.354. The lowest BCUT2D eigenvalue weighted by molar-refractivity contribution is -0.140. The van der Waals surface area contributed by atoms with Crippen LogP contribution in [0.5, 0.6) is 0 Å². The van der Waals surface area contributed by atoms with Gasteiger partial charge in [-0.3, -0.25) is 9.69 Å². The minimum absolute atomic E-state index is 0.0184. The molecule has 6 heteroatoms. The van der Waals surface area contributed by atoms with Crippen molar-refractivity contribution in [1.29, 1.82) is 0 Å². The molecule has 3 unspecified atom stereocenters. The average Bonchev–Trinajstić information content (AvgIpc) is 2.50. The number of piperidine rings is 1. The molecule has 21 heavy (non-hydrogen) atoms. The number of carbonyl (C=O) groups excluding carboxylic acids is 1. The fraction of sp³-hybridized carbons (Fsp3) is 0.867. The molecule has 2 rings (SSSR count). The van der Waals surface area contributed by atoms with E-state index in [0.717, 1.165) is 26.1 Å². The van der Waals surface area contributed by atoms with Crippen molar-refractivity contribution in [1.82, 2.24) is 9.80 Å². The second kappa shape index (κ2) is 7.11. The monoisotopic (exact) mass is 296 g/mol. The highest BCUT2D eigenvalue weighted by molar-refractivity contribution is 6.02. The number of hydrogen-bond donors (Lipinski definition) is 2. The van der Waals surface area contributed by atoms with E-state index in [1.807, 2.05) is 11.8 Å². The molecule has 2 heterocycles. The predicted molar refractivity (Wildman–Crippen MR) is 82.2 cm³/mol. The molecule has 2 aliphatic heterocycles. The van der Waals surface area contributed by atoms with Crippen LogP contribution in [0.2, 0.25) is 0 Å². The van der Waals surface area contributed by atoms with Crippen molar-refractivity contribution in [2.24, 2.45) is 16.8 Å². The van der Waals surface area contributed by atoms with Gasteiger partial charge in [0.15, 0.2) is 5.84 Å². The zero-order valence-electron chi connectivity index (χ0n) is 13.2. The number of nitrogens with zero attached hydrogens (tertiary/aromatic N) is 3. The van der Waals surface area contributed by atoms with Gasteiger partial charge >= 0.3 is 0 Å². The zero-order chi connectivity index (χ0) is 15.4. The first-order valence-electron chi connectivity index (χ1n) is 8.10. The van der Waals surface area contributed by atoms with Gasteiger partial charge in [0.05, 0.1) is 5.92 Å². The number of amidine groups is 1. The molecule has 0 aromatic carbocycles. The molecule has 0 bridgehead atoms. The summed E-state index contributed by atoms with van der Waals surface area (Å²) in [6.45, 7) is 6.96. The summed E-state index contributed by atoms with van der Waals surface area (Å²) in [6, 6.07) is 0.672. The summed E-state index contributed by atoms with van der Waals surface area (Å²) in [6.07, 6.45) is 5.14. The lowest BCUT2D eigenvalue weighted by atomic mass is 9.94. The van der Waals surface area contributed by atoms with Crippen LogP contribution in [0.1, 0.15) is 46.0 Å². The fourth-order valence-corrected chi connectivity index (χ4v) is 3.62. The van der Waals surface area contributed by atoms with Crippen molar-refractivity contribution in [3.8, 4) is 0 Å². The van der Waals surface area contributed by atoms with Gasteiger partial charge in [0.1, 0.15) is 0 Å². The van der Waals surface area contributed by atoms with Crippen LogP contribution in [0.3, 0.4) is 0 Å². The van der Waals surface area contributed by atoms with Crippen LogP contribution in [-0.2, 0) is 4.79 Å². The number of amides is 1. The van der Waals surface area contributed by atoms with E-state index in [1.165, 1.54) is 19.3 Å². The lowest BCUT2D eigenvalue weighted by Gasteiger charge is -2.48. The summed E-state index contributed by atoms with van der Waals surface area (Å²) in [5.74, 6) is -0.428. The van der Waals surface area contributed by atoms with Crippen molar-refractivity contribution in [3.63, 3.8) is 0 Å². The van der Waals surface area contributed by atoms with Gasteiger partial charge in [-0.25, -0.2) is 0 Å². The first-order valence-corrected chi connectivity index (χ1v) is 8.10. The van der Waals surface area contributed by atoms with E-state index < -0.39 is 5.92 Å². The summed E-state index contributed by atoms with van der Waals surface area (Å²) in [5.41, 5.74) is 5.73. The van der Waals surface area contributed by atoms with Gasteiger partial charge in [-0.15, -0.1) is 0 Å². The van der Waals surface area contributed by atoms with E-state index in [9.17, 15) is 4.79 Å². The van der Waals surface area contributed by atoms with Gasteiger partial charge < -0.3 is 15.8 Å². The second-order valence-corrected chi connectivity index (χ2v) is 6.35. The molecule has 1 amide bonds. The van der Waals surface area contributed by atoms with Gasteiger partial charge in [-0.2, -0.15) is 0 Å². The van der Waals surface area contributed by atoms with E-state index in [1.54, 1.807) is 0 Å². The Labute approximate surface area is 127 Å². The number of nitrogens with two attached hydrogens (primary N) is 1. The van der Waals surface area contributed by atoms with E-state index in [0.29, 0.717) is 12.5 Å². The van der Waals surface area contributed by atoms with Crippen molar-refractivity contribution in [2.45, 2.75) is 58.0 Å². The molecule has 0 aromatic heterocycles. The second-order valence-electron chi connectivity index (χ2n) is 6.35. The van der Waals surface area contributed by atoms with E-state index in [4.69, 9.17) is 10.9 Å². The van der Waals surface area contributed by atoms with Crippen molar-refractivity contribution < 1.29 is 10.0 Å². The number of piperazine rings is 1. The lowest BCUT2D eigenvalue weighted by Crippen LogP contribution is -2.61. The minimum Gasteiger partial charge on any atom is -0.409 e. The maximum atomic E-state index is 12.8. The first kappa shape index (κ1) is 16.1. The van der Waals surface area contributed by atoms with Crippen LogP contribution in [0, 0.1) is 5.92 Å². The molecule has 0 saturated carbocycles. The Bertz CT molecular complexity index is 399. The number of rotatable bonds is 4. The summed E-state index contributed by atoms with van der Waals surface area (Å²) in [4.78, 5) is 17.3. The molecular weight excluding hydrogens is 268 g/mol. The molecule has 0 radical (unpaired) electrons. The Morgan fingerprint density at radius 2 is 2.19 bits per heavy atom. The van der Waals surface area contributed by atoms with E-state index in [-0.39, 0.29) is 17.8 Å². The summed E-state index contributed by atoms with van der Waals surface area (Å²) in [7, 11) is 0. The largest absolute Gasteiger partial charge is 0.409 e. The van der Waals surface area contributed by atoms with E-state index >= 15 is 0 Å². The standard InChI is InChI=1S/C15H28N4O2/c1-3-6-13(14(16)17-21)15(20)19-10-12-7-4-5-8-18(12)9-11(19)2/h11-13,21H,3-10H2,1-2H3,(H2,16,17). The third kappa shape index (κ3) is 3.48. The third-order valence-electron chi connectivity index (χ3n) is 4.82. The number of fused-ring (bicyclic) bond motifs is 1. The highest BCUT2D eigenvalue weighted by Gasteiger charge is 2.38. The Morgan fingerprint density at radius 3 is 2.86 bits per heavy atom. The molecule has 0 aromatic rings.